The van der Waals surface area contributed by atoms with Gasteiger partial charge in [-0.25, -0.2) is 0 Å². The van der Waals surface area contributed by atoms with Crippen LogP contribution in [-0.4, -0.2) is 0 Å². The molecule has 0 aliphatic heterocycles. The van der Waals surface area contributed by atoms with Crippen LogP contribution in [-0.2, 0) is 0 Å². The molecule has 1 heteroatoms. The summed E-state index contributed by atoms with van der Waals surface area (Å²) >= 11 is 0. The molecule has 50 valence electrons. The minimum Gasteiger partial charge on any atom is -1.00 e. The second-order valence-corrected chi connectivity index (χ2v) is 2.52. The molecule has 0 bridgehead atoms. The Balaban J connectivity index is 0. The largest absolute Gasteiger partial charge is 1.00 e. The minimum absolute atomic E-state index is 0. The van der Waals surface area contributed by atoms with E-state index in [9.17, 15) is 0 Å². The number of hydrogen-bond donors (Lipinski definition) is 0. The number of rotatable bonds is 0. The summed E-state index contributed by atoms with van der Waals surface area (Å²) < 4.78 is 0. The molecule has 0 fully saturated rings. The maximum atomic E-state index is 2.16. The minimum atomic E-state index is 0. The van der Waals surface area contributed by atoms with Gasteiger partial charge in [-0.15, -0.1) is 0 Å². The van der Waals surface area contributed by atoms with Gasteiger partial charge in [0.2, 0.25) is 0 Å². The summed E-state index contributed by atoms with van der Waals surface area (Å²) in [6.45, 7) is 6.44. The zero-order chi connectivity index (χ0) is 6.85. The maximum Gasteiger partial charge on any atom is 1.00 e. The van der Waals surface area contributed by atoms with Gasteiger partial charge in [0.15, 0.2) is 0 Å². The fourth-order valence-corrected chi connectivity index (χ4v) is 0.898. The second-order valence-electron chi connectivity index (χ2n) is 2.52. The van der Waals surface area contributed by atoms with Crippen LogP contribution in [0.15, 0.2) is 18.2 Å². The first kappa shape index (κ1) is 9.82. The summed E-state index contributed by atoms with van der Waals surface area (Å²) in [5.41, 5.74) is 4.18. The van der Waals surface area contributed by atoms with Crippen molar-refractivity contribution in [3.63, 3.8) is 0 Å². The van der Waals surface area contributed by atoms with Crippen molar-refractivity contribution in [3.8, 4) is 0 Å². The van der Waals surface area contributed by atoms with Crippen LogP contribution in [0.2, 0.25) is 0 Å². The van der Waals surface area contributed by atoms with E-state index in [0.717, 1.165) is 0 Å². The monoisotopic (exact) mass is 128 g/mol. The molecule has 1 aromatic rings. The van der Waals surface area contributed by atoms with Crippen molar-refractivity contribution in [3.05, 3.63) is 34.9 Å². The SMILES string of the molecule is Cc1cccc(C)c1C.[H-].[Li+]. The van der Waals surface area contributed by atoms with Crippen LogP contribution in [0.25, 0.3) is 0 Å². The first-order valence-corrected chi connectivity index (χ1v) is 3.24. The molecule has 0 amide bonds. The molecular weight excluding hydrogens is 115 g/mol. The van der Waals surface area contributed by atoms with E-state index in [1.807, 2.05) is 0 Å². The summed E-state index contributed by atoms with van der Waals surface area (Å²) in [7, 11) is 0. The first-order valence-electron chi connectivity index (χ1n) is 3.24. The van der Waals surface area contributed by atoms with Crippen LogP contribution >= 0.6 is 0 Å². The Morgan fingerprint density at radius 2 is 1.40 bits per heavy atom. The predicted octanol–water partition coefficient (Wildman–Crippen LogP) is -0.272. The van der Waals surface area contributed by atoms with Gasteiger partial charge in [-0.3, -0.25) is 0 Å². The van der Waals surface area contributed by atoms with Crippen LogP contribution in [0.3, 0.4) is 0 Å². The van der Waals surface area contributed by atoms with Crippen molar-refractivity contribution in [2.75, 3.05) is 0 Å². The summed E-state index contributed by atoms with van der Waals surface area (Å²) in [6.07, 6.45) is 0. The van der Waals surface area contributed by atoms with E-state index in [-0.39, 0.29) is 20.3 Å². The Kier molecular flexibility index (Phi) is 3.79. The molecule has 0 aliphatic rings. The van der Waals surface area contributed by atoms with Crippen LogP contribution in [0.1, 0.15) is 18.1 Å². The third-order valence-electron chi connectivity index (χ3n) is 1.88. The van der Waals surface area contributed by atoms with E-state index in [4.69, 9.17) is 0 Å². The molecule has 0 radical (unpaired) electrons. The third-order valence-corrected chi connectivity index (χ3v) is 1.88. The molecular formula is C9H13Li. The Hall–Kier alpha value is -0.183. The molecule has 0 unspecified atom stereocenters. The van der Waals surface area contributed by atoms with Crippen molar-refractivity contribution in [1.82, 2.24) is 0 Å². The fraction of sp³-hybridized carbons (Fsp3) is 0.333. The van der Waals surface area contributed by atoms with Gasteiger partial charge in [0.1, 0.15) is 0 Å². The zero-order valence-corrected chi connectivity index (χ0v) is 7.23. The Bertz CT molecular complexity index is 201. The molecule has 1 rings (SSSR count). The molecule has 0 heterocycles. The number of benzene rings is 1. The number of aryl methyl sites for hydroxylation is 2. The Morgan fingerprint density at radius 1 is 1.00 bits per heavy atom. The molecule has 1 aromatic carbocycles. The third kappa shape index (κ3) is 1.90. The normalized spacial score (nSPS) is 8.70. The smallest absolute Gasteiger partial charge is 1.00 e. The maximum absolute atomic E-state index is 2.16. The van der Waals surface area contributed by atoms with E-state index >= 15 is 0 Å². The van der Waals surface area contributed by atoms with Crippen molar-refractivity contribution < 1.29 is 20.3 Å². The van der Waals surface area contributed by atoms with Crippen molar-refractivity contribution in [1.29, 1.82) is 0 Å². The molecule has 0 nitrogen and oxygen atoms in total. The fourth-order valence-electron chi connectivity index (χ4n) is 0.898. The predicted molar refractivity (Wildman–Crippen MR) is 41.8 cm³/mol. The quantitative estimate of drug-likeness (QED) is 0.422. The molecule has 0 spiro atoms. The number of hydrogen-bond acceptors (Lipinski definition) is 0. The molecule has 0 atom stereocenters. The standard InChI is InChI=1S/C9H12.Li.H/c1-7-5-4-6-8(2)9(7)3;;/h4-6H,1-3H3;;/q;+1;-1. The van der Waals surface area contributed by atoms with Crippen LogP contribution < -0.4 is 18.9 Å². The summed E-state index contributed by atoms with van der Waals surface area (Å²) in [5, 5.41) is 0. The van der Waals surface area contributed by atoms with Gasteiger partial charge in [-0.1, -0.05) is 18.2 Å². The van der Waals surface area contributed by atoms with E-state index in [0.29, 0.717) is 0 Å². The van der Waals surface area contributed by atoms with E-state index in [2.05, 4.69) is 39.0 Å². The summed E-state index contributed by atoms with van der Waals surface area (Å²) in [6, 6.07) is 6.38. The van der Waals surface area contributed by atoms with E-state index in [1.54, 1.807) is 0 Å². The van der Waals surface area contributed by atoms with Gasteiger partial charge in [-0.2, -0.15) is 0 Å². The topological polar surface area (TPSA) is 0 Å². The zero-order valence-electron chi connectivity index (χ0n) is 8.23. The van der Waals surface area contributed by atoms with Gasteiger partial charge >= 0.3 is 18.9 Å². The molecule has 0 aliphatic carbocycles. The van der Waals surface area contributed by atoms with Gasteiger partial charge in [-0.05, 0) is 37.5 Å². The van der Waals surface area contributed by atoms with E-state index in [1.165, 1.54) is 16.7 Å². The molecule has 10 heavy (non-hydrogen) atoms. The van der Waals surface area contributed by atoms with E-state index < -0.39 is 0 Å². The average Bonchev–Trinajstić information content (AvgIpc) is 1.83. The van der Waals surface area contributed by atoms with Crippen LogP contribution in [0.5, 0.6) is 0 Å². The molecule has 0 aromatic heterocycles. The molecule has 0 saturated heterocycles. The Labute approximate surface area is 76.3 Å². The van der Waals surface area contributed by atoms with Gasteiger partial charge in [0.25, 0.3) is 0 Å². The van der Waals surface area contributed by atoms with Crippen LogP contribution in [0, 0.1) is 20.8 Å². The summed E-state index contributed by atoms with van der Waals surface area (Å²) in [5.74, 6) is 0. The molecule has 0 saturated carbocycles. The second kappa shape index (κ2) is 3.86. The van der Waals surface area contributed by atoms with Gasteiger partial charge in [0.05, 0.1) is 0 Å². The van der Waals surface area contributed by atoms with Crippen molar-refractivity contribution in [2.24, 2.45) is 0 Å². The van der Waals surface area contributed by atoms with Gasteiger partial charge < -0.3 is 1.43 Å². The summed E-state index contributed by atoms with van der Waals surface area (Å²) in [4.78, 5) is 0. The van der Waals surface area contributed by atoms with Gasteiger partial charge in [0, 0.05) is 0 Å². The van der Waals surface area contributed by atoms with Crippen molar-refractivity contribution in [2.45, 2.75) is 20.8 Å². The molecule has 0 N–H and O–H groups in total. The van der Waals surface area contributed by atoms with Crippen molar-refractivity contribution >= 4 is 0 Å². The average molecular weight is 128 g/mol. The Morgan fingerprint density at radius 3 is 1.70 bits per heavy atom. The first-order chi connectivity index (χ1) is 4.22. The van der Waals surface area contributed by atoms with Crippen LogP contribution in [0.4, 0.5) is 0 Å².